The van der Waals surface area contributed by atoms with E-state index in [1.807, 2.05) is 12.1 Å². The first-order valence-corrected chi connectivity index (χ1v) is 6.76. The number of nitrogens with one attached hydrogen (secondary N) is 2. The molecule has 0 bridgehead atoms. The molecule has 1 unspecified atom stereocenters. The lowest BCUT2D eigenvalue weighted by Gasteiger charge is -2.15. The second-order valence-electron chi connectivity index (χ2n) is 4.21. The summed E-state index contributed by atoms with van der Waals surface area (Å²) in [7, 11) is 1.70. The van der Waals surface area contributed by atoms with Gasteiger partial charge in [-0.3, -0.25) is 0 Å². The molecule has 5 heteroatoms. The lowest BCUT2D eigenvalue weighted by molar-refractivity contribution is 0.198. The zero-order chi connectivity index (χ0) is 13.4. The molecule has 0 radical (unpaired) electrons. The zero-order valence-electron chi connectivity index (χ0n) is 10.8. The molecule has 1 rings (SSSR count). The summed E-state index contributed by atoms with van der Waals surface area (Å²) in [5, 5.41) is 8.15. The molecule has 0 fully saturated rings. The van der Waals surface area contributed by atoms with Crippen LogP contribution in [0.25, 0.3) is 0 Å². The zero-order valence-corrected chi connectivity index (χ0v) is 12.3. The van der Waals surface area contributed by atoms with E-state index in [4.69, 9.17) is 27.9 Å². The van der Waals surface area contributed by atoms with Crippen LogP contribution in [0.4, 0.5) is 0 Å². The van der Waals surface area contributed by atoms with Crippen LogP contribution >= 0.6 is 23.2 Å². The highest BCUT2D eigenvalue weighted by Gasteiger charge is 2.04. The molecule has 1 atom stereocenters. The van der Waals surface area contributed by atoms with Crippen LogP contribution in [0.1, 0.15) is 12.5 Å². The maximum atomic E-state index is 6.09. The molecule has 0 aromatic heterocycles. The van der Waals surface area contributed by atoms with Crippen LogP contribution in [-0.2, 0) is 11.3 Å². The molecule has 102 valence electrons. The maximum absolute atomic E-state index is 6.09. The molecule has 18 heavy (non-hydrogen) atoms. The molecule has 0 heterocycles. The van der Waals surface area contributed by atoms with Gasteiger partial charge in [-0.25, -0.2) is 0 Å². The Morgan fingerprint density at radius 3 is 2.83 bits per heavy atom. The summed E-state index contributed by atoms with van der Waals surface area (Å²) in [5.41, 5.74) is 1.02. The van der Waals surface area contributed by atoms with Crippen LogP contribution in [0, 0.1) is 0 Å². The highest BCUT2D eigenvalue weighted by molar-refractivity contribution is 6.33. The summed E-state index contributed by atoms with van der Waals surface area (Å²) in [4.78, 5) is 0. The Labute approximate surface area is 119 Å². The summed E-state index contributed by atoms with van der Waals surface area (Å²) in [6.45, 7) is 5.32. The van der Waals surface area contributed by atoms with E-state index in [0.29, 0.717) is 17.6 Å². The average Bonchev–Trinajstić information content (AvgIpc) is 2.36. The fraction of sp³-hybridized carbons (Fsp3) is 0.538. The van der Waals surface area contributed by atoms with Gasteiger partial charge in [-0.1, -0.05) is 23.2 Å². The van der Waals surface area contributed by atoms with E-state index in [2.05, 4.69) is 17.6 Å². The van der Waals surface area contributed by atoms with E-state index < -0.39 is 0 Å². The van der Waals surface area contributed by atoms with Crippen LogP contribution in [0.3, 0.4) is 0 Å². The Bertz CT molecular complexity index is 361. The summed E-state index contributed by atoms with van der Waals surface area (Å²) in [5.74, 6) is 0. The van der Waals surface area contributed by atoms with E-state index in [0.717, 1.165) is 30.3 Å². The first kappa shape index (κ1) is 15.7. The first-order chi connectivity index (χ1) is 8.63. The van der Waals surface area contributed by atoms with Crippen molar-refractivity contribution in [1.29, 1.82) is 0 Å². The first-order valence-electron chi connectivity index (χ1n) is 6.00. The van der Waals surface area contributed by atoms with Crippen LogP contribution < -0.4 is 10.6 Å². The maximum Gasteiger partial charge on any atom is 0.0587 e. The Morgan fingerprint density at radius 2 is 2.11 bits per heavy atom. The molecule has 2 N–H and O–H groups in total. The van der Waals surface area contributed by atoms with E-state index in [-0.39, 0.29) is 0 Å². The molecule has 0 aliphatic heterocycles. The van der Waals surface area contributed by atoms with Crippen LogP contribution in [-0.4, -0.2) is 32.8 Å². The largest absolute Gasteiger partial charge is 0.383 e. The average molecular weight is 291 g/mol. The number of ether oxygens (including phenoxy) is 1. The lowest BCUT2D eigenvalue weighted by atomic mass is 10.2. The third-order valence-corrected chi connectivity index (χ3v) is 3.19. The van der Waals surface area contributed by atoms with E-state index in [9.17, 15) is 0 Å². The second kappa shape index (κ2) is 8.73. The molecule has 1 aromatic rings. The molecular formula is C13H20Cl2N2O. The van der Waals surface area contributed by atoms with Crippen molar-refractivity contribution in [3.05, 3.63) is 33.8 Å². The summed E-state index contributed by atoms with van der Waals surface area (Å²) in [6, 6.07) is 5.87. The number of methoxy groups -OCH3 is 1. The van der Waals surface area contributed by atoms with Gasteiger partial charge in [-0.15, -0.1) is 0 Å². The molecular weight excluding hydrogens is 271 g/mol. The van der Waals surface area contributed by atoms with Gasteiger partial charge in [0.1, 0.15) is 0 Å². The molecule has 0 saturated heterocycles. The summed E-state index contributed by atoms with van der Waals surface area (Å²) < 4.78 is 4.97. The number of benzene rings is 1. The van der Waals surface area contributed by atoms with Gasteiger partial charge in [-0.2, -0.15) is 0 Å². The van der Waals surface area contributed by atoms with Gasteiger partial charge in [0.25, 0.3) is 0 Å². The van der Waals surface area contributed by atoms with Gasteiger partial charge < -0.3 is 15.4 Å². The van der Waals surface area contributed by atoms with E-state index in [1.165, 1.54) is 0 Å². The fourth-order valence-corrected chi connectivity index (χ4v) is 1.91. The predicted molar refractivity (Wildman–Crippen MR) is 77.5 cm³/mol. The lowest BCUT2D eigenvalue weighted by Crippen LogP contribution is -2.37. The third-order valence-electron chi connectivity index (χ3n) is 2.58. The van der Waals surface area contributed by atoms with E-state index >= 15 is 0 Å². The van der Waals surface area contributed by atoms with Crippen molar-refractivity contribution in [2.75, 3.05) is 26.8 Å². The van der Waals surface area contributed by atoms with E-state index in [1.54, 1.807) is 13.2 Å². The topological polar surface area (TPSA) is 33.3 Å². The molecule has 0 aliphatic carbocycles. The SMILES string of the molecule is COCCNCC(C)NCc1cc(Cl)ccc1Cl. The van der Waals surface area contributed by atoms with Crippen LogP contribution in [0.2, 0.25) is 10.0 Å². The van der Waals surface area contributed by atoms with Gasteiger partial charge in [0.15, 0.2) is 0 Å². The highest BCUT2D eigenvalue weighted by atomic mass is 35.5. The van der Waals surface area contributed by atoms with Gasteiger partial charge in [-0.05, 0) is 30.7 Å². The minimum absolute atomic E-state index is 0.358. The van der Waals surface area contributed by atoms with Gasteiger partial charge in [0.2, 0.25) is 0 Å². The minimum atomic E-state index is 0.358. The third kappa shape index (κ3) is 6.03. The van der Waals surface area contributed by atoms with Crippen molar-refractivity contribution in [1.82, 2.24) is 10.6 Å². The molecule has 0 aliphatic rings. The quantitative estimate of drug-likeness (QED) is 0.723. The van der Waals surface area contributed by atoms with Crippen molar-refractivity contribution >= 4 is 23.2 Å². The molecule has 0 spiro atoms. The van der Waals surface area contributed by atoms with Gasteiger partial charge in [0, 0.05) is 42.8 Å². The van der Waals surface area contributed by atoms with Crippen LogP contribution in [0.5, 0.6) is 0 Å². The van der Waals surface area contributed by atoms with Crippen LogP contribution in [0.15, 0.2) is 18.2 Å². The minimum Gasteiger partial charge on any atom is -0.383 e. The van der Waals surface area contributed by atoms with Gasteiger partial charge in [0.05, 0.1) is 6.61 Å². The monoisotopic (exact) mass is 290 g/mol. The highest BCUT2D eigenvalue weighted by Crippen LogP contribution is 2.20. The number of hydrogen-bond donors (Lipinski definition) is 2. The second-order valence-corrected chi connectivity index (χ2v) is 5.06. The Balaban J connectivity index is 2.29. The van der Waals surface area contributed by atoms with Crippen molar-refractivity contribution in [3.8, 4) is 0 Å². The molecule has 0 saturated carbocycles. The summed E-state index contributed by atoms with van der Waals surface area (Å²) in [6.07, 6.45) is 0. The molecule has 0 amide bonds. The van der Waals surface area contributed by atoms with Gasteiger partial charge >= 0.3 is 0 Å². The normalized spacial score (nSPS) is 12.7. The van der Waals surface area contributed by atoms with Crippen molar-refractivity contribution in [2.24, 2.45) is 0 Å². The Hall–Kier alpha value is -0.320. The smallest absolute Gasteiger partial charge is 0.0587 e. The van der Waals surface area contributed by atoms with Crippen molar-refractivity contribution in [2.45, 2.75) is 19.5 Å². The standard InChI is InChI=1S/C13H20Cl2N2O/c1-10(8-16-5-6-18-2)17-9-11-7-12(14)3-4-13(11)15/h3-4,7,10,16-17H,5-6,8-9H2,1-2H3. The molecule has 3 nitrogen and oxygen atoms in total. The molecule has 1 aromatic carbocycles. The number of rotatable bonds is 8. The number of halogens is 2. The number of hydrogen-bond acceptors (Lipinski definition) is 3. The summed E-state index contributed by atoms with van der Waals surface area (Å²) >= 11 is 12.0. The fourth-order valence-electron chi connectivity index (χ4n) is 1.53. The van der Waals surface area contributed by atoms with Crippen molar-refractivity contribution < 1.29 is 4.74 Å². The van der Waals surface area contributed by atoms with Crippen molar-refractivity contribution in [3.63, 3.8) is 0 Å². The Morgan fingerprint density at radius 1 is 1.33 bits per heavy atom. The Kier molecular flexibility index (Phi) is 7.63. The predicted octanol–water partition coefficient (Wildman–Crippen LogP) is 2.71.